The average Bonchev–Trinajstić information content (AvgIpc) is 2.39. The zero-order chi connectivity index (χ0) is 14.7. The van der Waals surface area contributed by atoms with E-state index < -0.39 is 0 Å². The Labute approximate surface area is 122 Å². The molecule has 20 heavy (non-hydrogen) atoms. The van der Waals surface area contributed by atoms with Crippen LogP contribution in [0.25, 0.3) is 0 Å². The Morgan fingerprint density at radius 3 is 2.40 bits per heavy atom. The number of nitrogen functional groups attached to an aromatic ring is 1. The van der Waals surface area contributed by atoms with Gasteiger partial charge in [-0.15, -0.1) is 0 Å². The highest BCUT2D eigenvalue weighted by atomic mass is 35.5. The Morgan fingerprint density at radius 2 is 1.85 bits per heavy atom. The fourth-order valence-corrected chi connectivity index (χ4v) is 2.71. The molecular formula is C14H18ClN3O2. The number of nitrogens with one attached hydrogen (secondary N) is 1. The summed E-state index contributed by atoms with van der Waals surface area (Å²) in [5, 5.41) is 3.44. The van der Waals surface area contributed by atoms with Gasteiger partial charge in [0.1, 0.15) is 0 Å². The van der Waals surface area contributed by atoms with Gasteiger partial charge in [-0.1, -0.05) is 11.6 Å². The molecule has 0 heterocycles. The van der Waals surface area contributed by atoms with Crippen LogP contribution in [-0.4, -0.2) is 17.9 Å². The summed E-state index contributed by atoms with van der Waals surface area (Å²) >= 11 is 5.80. The molecule has 1 aliphatic rings. The third kappa shape index (κ3) is 3.42. The van der Waals surface area contributed by atoms with Crippen LogP contribution in [0.1, 0.15) is 36.0 Å². The Kier molecular flexibility index (Phi) is 4.49. The van der Waals surface area contributed by atoms with Crippen molar-refractivity contribution in [2.24, 2.45) is 11.7 Å². The number of hydrogen-bond acceptors (Lipinski definition) is 3. The first-order valence-electron chi connectivity index (χ1n) is 6.62. The highest BCUT2D eigenvalue weighted by Gasteiger charge is 2.26. The Balaban J connectivity index is 1.94. The van der Waals surface area contributed by atoms with E-state index in [-0.39, 0.29) is 23.8 Å². The molecule has 5 nitrogen and oxygen atoms in total. The van der Waals surface area contributed by atoms with Crippen molar-refractivity contribution in [2.75, 3.05) is 5.73 Å². The Bertz CT molecular complexity index is 525. The molecule has 1 aromatic rings. The van der Waals surface area contributed by atoms with E-state index in [9.17, 15) is 9.59 Å². The van der Waals surface area contributed by atoms with E-state index in [1.807, 2.05) is 0 Å². The zero-order valence-electron chi connectivity index (χ0n) is 11.1. The van der Waals surface area contributed by atoms with Gasteiger partial charge in [0.25, 0.3) is 5.91 Å². The monoisotopic (exact) mass is 295 g/mol. The fourth-order valence-electron chi connectivity index (χ4n) is 2.53. The van der Waals surface area contributed by atoms with Crippen molar-refractivity contribution >= 4 is 29.1 Å². The minimum atomic E-state index is -0.253. The normalized spacial score (nSPS) is 22.2. The van der Waals surface area contributed by atoms with E-state index in [2.05, 4.69) is 5.32 Å². The number of carbonyl (C=O) groups excluding carboxylic acids is 2. The van der Waals surface area contributed by atoms with Gasteiger partial charge >= 0.3 is 0 Å². The van der Waals surface area contributed by atoms with Crippen LogP contribution >= 0.6 is 11.6 Å². The number of anilines is 1. The number of nitrogens with two attached hydrogens (primary N) is 2. The summed E-state index contributed by atoms with van der Waals surface area (Å²) in [7, 11) is 0. The van der Waals surface area contributed by atoms with Crippen LogP contribution in [0.5, 0.6) is 0 Å². The van der Waals surface area contributed by atoms with E-state index >= 15 is 0 Å². The summed E-state index contributed by atoms with van der Waals surface area (Å²) in [6, 6.07) is 4.87. The molecule has 0 unspecified atom stereocenters. The molecule has 1 aromatic carbocycles. The molecule has 1 aliphatic carbocycles. The van der Waals surface area contributed by atoms with Crippen LogP contribution in [0.2, 0.25) is 5.02 Å². The predicted octanol–water partition coefficient (Wildman–Crippen LogP) is 1.70. The number of carbonyl (C=O) groups is 2. The molecule has 0 atom stereocenters. The summed E-state index contributed by atoms with van der Waals surface area (Å²) in [5.41, 5.74) is 11.9. The Morgan fingerprint density at radius 1 is 1.20 bits per heavy atom. The lowest BCUT2D eigenvalue weighted by Gasteiger charge is -2.27. The highest BCUT2D eigenvalue weighted by molar-refractivity contribution is 6.31. The van der Waals surface area contributed by atoms with Crippen molar-refractivity contribution in [3.05, 3.63) is 28.8 Å². The molecule has 108 valence electrons. The van der Waals surface area contributed by atoms with Gasteiger partial charge < -0.3 is 16.8 Å². The summed E-state index contributed by atoms with van der Waals surface area (Å²) in [6.45, 7) is 0. The SMILES string of the molecule is NC(=O)C1CCC(NC(=O)c2ccc(Cl)cc2N)CC1. The van der Waals surface area contributed by atoms with Gasteiger partial charge in [0.05, 0.1) is 5.56 Å². The van der Waals surface area contributed by atoms with Crippen molar-refractivity contribution in [1.29, 1.82) is 0 Å². The molecule has 1 saturated carbocycles. The lowest BCUT2D eigenvalue weighted by atomic mass is 9.85. The maximum atomic E-state index is 12.1. The molecule has 2 rings (SSSR count). The second-order valence-electron chi connectivity index (χ2n) is 5.16. The van der Waals surface area contributed by atoms with Crippen molar-refractivity contribution in [3.8, 4) is 0 Å². The molecule has 0 aromatic heterocycles. The van der Waals surface area contributed by atoms with Crippen molar-refractivity contribution in [1.82, 2.24) is 5.32 Å². The minimum absolute atomic E-state index is 0.0631. The van der Waals surface area contributed by atoms with Crippen molar-refractivity contribution in [2.45, 2.75) is 31.7 Å². The smallest absolute Gasteiger partial charge is 0.253 e. The summed E-state index contributed by atoms with van der Waals surface area (Å²) in [5.74, 6) is -0.526. The first kappa shape index (κ1) is 14.7. The molecule has 0 saturated heterocycles. The summed E-state index contributed by atoms with van der Waals surface area (Å²) in [4.78, 5) is 23.2. The number of primary amides is 1. The van der Waals surface area contributed by atoms with E-state index in [0.29, 0.717) is 16.3 Å². The lowest BCUT2D eigenvalue weighted by Crippen LogP contribution is -2.40. The molecule has 0 radical (unpaired) electrons. The summed E-state index contributed by atoms with van der Waals surface area (Å²) < 4.78 is 0. The fraction of sp³-hybridized carbons (Fsp3) is 0.429. The third-order valence-corrected chi connectivity index (χ3v) is 3.96. The van der Waals surface area contributed by atoms with Crippen LogP contribution in [0.3, 0.4) is 0 Å². The molecule has 5 N–H and O–H groups in total. The minimum Gasteiger partial charge on any atom is -0.398 e. The molecule has 1 fully saturated rings. The zero-order valence-corrected chi connectivity index (χ0v) is 11.8. The van der Waals surface area contributed by atoms with Crippen LogP contribution in [-0.2, 0) is 4.79 Å². The van der Waals surface area contributed by atoms with Gasteiger partial charge in [0.15, 0.2) is 0 Å². The van der Waals surface area contributed by atoms with Crippen LogP contribution < -0.4 is 16.8 Å². The van der Waals surface area contributed by atoms with E-state index in [1.165, 1.54) is 0 Å². The predicted molar refractivity (Wildman–Crippen MR) is 78.3 cm³/mol. The molecule has 0 aliphatic heterocycles. The van der Waals surface area contributed by atoms with Gasteiger partial charge in [-0.05, 0) is 43.9 Å². The first-order chi connectivity index (χ1) is 9.47. The second kappa shape index (κ2) is 6.13. The van der Waals surface area contributed by atoms with E-state index in [1.54, 1.807) is 18.2 Å². The van der Waals surface area contributed by atoms with Crippen LogP contribution in [0.4, 0.5) is 5.69 Å². The van der Waals surface area contributed by atoms with E-state index in [4.69, 9.17) is 23.1 Å². The van der Waals surface area contributed by atoms with Crippen LogP contribution in [0, 0.1) is 5.92 Å². The summed E-state index contributed by atoms with van der Waals surface area (Å²) in [6.07, 6.45) is 2.95. The topological polar surface area (TPSA) is 98.2 Å². The molecule has 0 spiro atoms. The third-order valence-electron chi connectivity index (χ3n) is 3.72. The van der Waals surface area contributed by atoms with Gasteiger partial charge in [0, 0.05) is 22.7 Å². The molecule has 0 bridgehead atoms. The van der Waals surface area contributed by atoms with E-state index in [0.717, 1.165) is 25.7 Å². The number of halogens is 1. The standard InChI is InChI=1S/C14H18ClN3O2/c15-9-3-6-11(12(16)7-9)14(20)18-10-4-1-8(2-5-10)13(17)19/h3,6-8,10H,1-2,4-5,16H2,(H2,17,19)(H,18,20). The lowest BCUT2D eigenvalue weighted by molar-refractivity contribution is -0.122. The maximum Gasteiger partial charge on any atom is 0.253 e. The van der Waals surface area contributed by atoms with Gasteiger partial charge in [-0.2, -0.15) is 0 Å². The molecule has 2 amide bonds. The molecule has 6 heteroatoms. The second-order valence-corrected chi connectivity index (χ2v) is 5.59. The number of amides is 2. The van der Waals surface area contributed by atoms with Crippen molar-refractivity contribution in [3.63, 3.8) is 0 Å². The maximum absolute atomic E-state index is 12.1. The largest absolute Gasteiger partial charge is 0.398 e. The Hall–Kier alpha value is -1.75. The van der Waals surface area contributed by atoms with Crippen LogP contribution in [0.15, 0.2) is 18.2 Å². The molecular weight excluding hydrogens is 278 g/mol. The number of rotatable bonds is 3. The number of benzene rings is 1. The number of hydrogen-bond donors (Lipinski definition) is 3. The van der Waals surface area contributed by atoms with Gasteiger partial charge in [-0.3, -0.25) is 9.59 Å². The quantitative estimate of drug-likeness (QED) is 0.740. The van der Waals surface area contributed by atoms with Gasteiger partial charge in [-0.25, -0.2) is 0 Å². The first-order valence-corrected chi connectivity index (χ1v) is 7.00. The van der Waals surface area contributed by atoms with Crippen molar-refractivity contribution < 1.29 is 9.59 Å². The highest BCUT2D eigenvalue weighted by Crippen LogP contribution is 2.25. The van der Waals surface area contributed by atoms with Gasteiger partial charge in [0.2, 0.25) is 5.91 Å². The average molecular weight is 296 g/mol.